The predicted octanol–water partition coefficient (Wildman–Crippen LogP) is 1.73. The first kappa shape index (κ1) is 18.5. The Balaban J connectivity index is 1.63. The molecule has 10 heteroatoms. The summed E-state index contributed by atoms with van der Waals surface area (Å²) >= 11 is 1.53. The lowest BCUT2D eigenvalue weighted by Gasteiger charge is -2.34. The fraction of sp³-hybridized carbons (Fsp3) is 0.312. The van der Waals surface area contributed by atoms with Crippen molar-refractivity contribution in [3.8, 4) is 0 Å². The van der Waals surface area contributed by atoms with Gasteiger partial charge in [0.15, 0.2) is 0 Å². The predicted molar refractivity (Wildman–Crippen MR) is 96.5 cm³/mol. The highest BCUT2D eigenvalue weighted by Gasteiger charge is 2.30. The zero-order chi connectivity index (χ0) is 18.7. The van der Waals surface area contributed by atoms with Gasteiger partial charge in [-0.3, -0.25) is 14.9 Å². The van der Waals surface area contributed by atoms with Crippen molar-refractivity contribution >= 4 is 33.0 Å². The number of piperazine rings is 1. The normalized spacial score (nSPS) is 15.8. The van der Waals surface area contributed by atoms with Crippen LogP contribution in [0.4, 0.5) is 5.69 Å². The summed E-state index contributed by atoms with van der Waals surface area (Å²) in [6.07, 6.45) is 0.318. The van der Waals surface area contributed by atoms with Gasteiger partial charge in [-0.1, -0.05) is 0 Å². The summed E-state index contributed by atoms with van der Waals surface area (Å²) in [4.78, 5) is 24.1. The molecule has 0 bridgehead atoms. The molecule has 0 spiro atoms. The molecule has 1 fully saturated rings. The molecule has 8 nitrogen and oxygen atoms in total. The first-order chi connectivity index (χ1) is 12.4. The topological polar surface area (TPSA) is 101 Å². The summed E-state index contributed by atoms with van der Waals surface area (Å²) in [5.74, 6) is -0.0178. The average Bonchev–Trinajstić information content (AvgIpc) is 3.15. The van der Waals surface area contributed by atoms with Crippen LogP contribution in [0.3, 0.4) is 0 Å². The van der Waals surface area contributed by atoms with Crippen molar-refractivity contribution in [1.29, 1.82) is 0 Å². The summed E-state index contributed by atoms with van der Waals surface area (Å²) < 4.78 is 26.6. The van der Waals surface area contributed by atoms with Crippen LogP contribution in [-0.4, -0.2) is 54.6 Å². The molecular formula is C16H17N3O5S2. The first-order valence-electron chi connectivity index (χ1n) is 7.91. The number of hydrogen-bond acceptors (Lipinski definition) is 6. The van der Waals surface area contributed by atoms with Crippen molar-refractivity contribution in [2.24, 2.45) is 0 Å². The van der Waals surface area contributed by atoms with E-state index in [-0.39, 0.29) is 29.6 Å². The van der Waals surface area contributed by atoms with Gasteiger partial charge in [0.25, 0.3) is 5.69 Å². The Morgan fingerprint density at radius 3 is 2.31 bits per heavy atom. The molecule has 1 aromatic carbocycles. The minimum Gasteiger partial charge on any atom is -0.340 e. The molecule has 138 valence electrons. The number of carbonyl (C=O) groups is 1. The highest BCUT2D eigenvalue weighted by Crippen LogP contribution is 2.21. The maximum absolute atomic E-state index is 12.7. The van der Waals surface area contributed by atoms with E-state index in [0.717, 1.165) is 5.56 Å². The number of carbonyl (C=O) groups excluding carboxylic acids is 1. The summed E-state index contributed by atoms with van der Waals surface area (Å²) in [7, 11) is -3.73. The van der Waals surface area contributed by atoms with Crippen LogP contribution in [0.2, 0.25) is 0 Å². The van der Waals surface area contributed by atoms with E-state index < -0.39 is 14.9 Å². The van der Waals surface area contributed by atoms with Gasteiger partial charge in [0.2, 0.25) is 15.9 Å². The Hall–Kier alpha value is -2.30. The second-order valence-electron chi connectivity index (χ2n) is 5.84. The monoisotopic (exact) mass is 395 g/mol. The molecule has 1 aromatic heterocycles. The zero-order valence-corrected chi connectivity index (χ0v) is 15.4. The number of rotatable bonds is 5. The van der Waals surface area contributed by atoms with Gasteiger partial charge in [0.05, 0.1) is 16.2 Å². The smallest absolute Gasteiger partial charge is 0.269 e. The molecule has 0 radical (unpaired) electrons. The molecule has 1 amide bonds. The standard InChI is InChI=1S/C16H17N3O5S2/c20-16(11-13-5-10-25-12-13)17-6-8-18(9-7-17)26(23,24)15-3-1-14(2-4-15)19(21)22/h1-5,10,12H,6-9,11H2. The molecule has 0 atom stereocenters. The number of nitro benzene ring substituents is 1. The Labute approximate surface area is 154 Å². The van der Waals surface area contributed by atoms with Gasteiger partial charge < -0.3 is 4.90 Å². The Bertz CT molecular complexity index is 886. The van der Waals surface area contributed by atoms with Crippen LogP contribution >= 0.6 is 11.3 Å². The van der Waals surface area contributed by atoms with Crippen LogP contribution in [0, 0.1) is 10.1 Å². The maximum atomic E-state index is 12.7. The van der Waals surface area contributed by atoms with Crippen molar-refractivity contribution in [3.63, 3.8) is 0 Å². The van der Waals surface area contributed by atoms with E-state index in [1.165, 1.54) is 39.9 Å². The number of non-ortho nitro benzene ring substituents is 1. The molecule has 1 aliphatic heterocycles. The number of thiophene rings is 1. The van der Waals surface area contributed by atoms with Crippen LogP contribution in [0.15, 0.2) is 46.0 Å². The van der Waals surface area contributed by atoms with E-state index in [0.29, 0.717) is 19.5 Å². The van der Waals surface area contributed by atoms with Gasteiger partial charge in [-0.2, -0.15) is 15.6 Å². The fourth-order valence-corrected chi connectivity index (χ4v) is 4.84. The van der Waals surface area contributed by atoms with Crippen LogP contribution in [0.1, 0.15) is 5.56 Å². The number of hydrogen-bond donors (Lipinski definition) is 0. The Morgan fingerprint density at radius 2 is 1.77 bits per heavy atom. The van der Waals surface area contributed by atoms with E-state index in [1.807, 2.05) is 16.8 Å². The summed E-state index contributed by atoms with van der Waals surface area (Å²) in [6, 6.07) is 6.72. The molecule has 3 rings (SSSR count). The lowest BCUT2D eigenvalue weighted by Crippen LogP contribution is -2.50. The molecular weight excluding hydrogens is 378 g/mol. The van der Waals surface area contributed by atoms with Crippen molar-refractivity contribution in [2.45, 2.75) is 11.3 Å². The summed E-state index contributed by atoms with van der Waals surface area (Å²) in [5.41, 5.74) is 0.800. The Kier molecular flexibility index (Phi) is 5.35. The summed E-state index contributed by atoms with van der Waals surface area (Å²) in [5, 5.41) is 14.5. The quantitative estimate of drug-likeness (QED) is 0.567. The van der Waals surface area contributed by atoms with Crippen molar-refractivity contribution in [3.05, 3.63) is 56.8 Å². The molecule has 1 saturated heterocycles. The maximum Gasteiger partial charge on any atom is 0.269 e. The van der Waals surface area contributed by atoms with Crippen molar-refractivity contribution < 1.29 is 18.1 Å². The Morgan fingerprint density at radius 1 is 1.12 bits per heavy atom. The minimum atomic E-state index is -3.73. The molecule has 1 aliphatic rings. The van der Waals surface area contributed by atoms with Crippen LogP contribution in [0.5, 0.6) is 0 Å². The number of nitro groups is 1. The van der Waals surface area contributed by atoms with Gasteiger partial charge >= 0.3 is 0 Å². The third kappa shape index (κ3) is 3.92. The second-order valence-corrected chi connectivity index (χ2v) is 8.56. The van der Waals surface area contributed by atoms with Gasteiger partial charge in [0, 0.05) is 38.3 Å². The zero-order valence-electron chi connectivity index (χ0n) is 13.8. The van der Waals surface area contributed by atoms with E-state index in [9.17, 15) is 23.3 Å². The number of nitrogens with zero attached hydrogens (tertiary/aromatic N) is 3. The molecule has 0 aliphatic carbocycles. The fourth-order valence-electron chi connectivity index (χ4n) is 2.75. The van der Waals surface area contributed by atoms with Gasteiger partial charge in [-0.15, -0.1) is 0 Å². The first-order valence-corrected chi connectivity index (χ1v) is 10.3. The lowest BCUT2D eigenvalue weighted by atomic mass is 10.2. The van der Waals surface area contributed by atoms with Crippen LogP contribution in [0.25, 0.3) is 0 Å². The van der Waals surface area contributed by atoms with Crippen LogP contribution < -0.4 is 0 Å². The van der Waals surface area contributed by atoms with Crippen molar-refractivity contribution in [2.75, 3.05) is 26.2 Å². The average molecular weight is 395 g/mol. The summed E-state index contributed by atoms with van der Waals surface area (Å²) in [6.45, 7) is 1.06. The molecule has 26 heavy (non-hydrogen) atoms. The third-order valence-corrected chi connectivity index (χ3v) is 6.86. The van der Waals surface area contributed by atoms with Crippen molar-refractivity contribution in [1.82, 2.24) is 9.21 Å². The molecule has 2 heterocycles. The number of benzene rings is 1. The van der Waals surface area contributed by atoms with Gasteiger partial charge in [-0.05, 0) is 34.5 Å². The largest absolute Gasteiger partial charge is 0.340 e. The molecule has 0 unspecified atom stereocenters. The van der Waals surface area contributed by atoms with Gasteiger partial charge in [-0.25, -0.2) is 8.42 Å². The molecule has 0 N–H and O–H groups in total. The van der Waals surface area contributed by atoms with E-state index in [4.69, 9.17) is 0 Å². The number of amides is 1. The van der Waals surface area contributed by atoms with E-state index in [2.05, 4.69) is 0 Å². The van der Waals surface area contributed by atoms with E-state index >= 15 is 0 Å². The van der Waals surface area contributed by atoms with Gasteiger partial charge in [0.1, 0.15) is 0 Å². The lowest BCUT2D eigenvalue weighted by molar-refractivity contribution is -0.384. The van der Waals surface area contributed by atoms with E-state index in [1.54, 1.807) is 4.90 Å². The third-order valence-electron chi connectivity index (χ3n) is 4.21. The second kappa shape index (κ2) is 7.52. The highest BCUT2D eigenvalue weighted by atomic mass is 32.2. The molecule has 0 saturated carbocycles. The molecule has 2 aromatic rings. The minimum absolute atomic E-state index is 0.0150. The SMILES string of the molecule is O=C(Cc1ccsc1)N1CCN(S(=O)(=O)c2ccc([N+](=O)[O-])cc2)CC1. The van der Waals surface area contributed by atoms with Crippen LogP contribution in [-0.2, 0) is 21.2 Å². The number of sulfonamides is 1. The highest BCUT2D eigenvalue weighted by molar-refractivity contribution is 7.89.